The van der Waals surface area contributed by atoms with Gasteiger partial charge in [0, 0.05) is 0 Å². The molecule has 1 aromatic rings. The number of rotatable bonds is 1. The molecule has 0 aliphatic carbocycles. The molecule has 0 saturated heterocycles. The van der Waals surface area contributed by atoms with Crippen LogP contribution in [-0.2, 0) is 0 Å². The van der Waals surface area contributed by atoms with Crippen LogP contribution in [0.4, 0.5) is 5.95 Å². The average Bonchev–Trinajstić information content (AvgIpc) is 1.90. The van der Waals surface area contributed by atoms with Crippen molar-refractivity contribution in [2.45, 2.75) is 0 Å². The Morgan fingerprint density at radius 2 is 2.00 bits per heavy atom. The smallest absolute Gasteiger partial charge is 0.249 e. The van der Waals surface area contributed by atoms with Gasteiger partial charge in [0.2, 0.25) is 5.95 Å². The van der Waals surface area contributed by atoms with Crippen molar-refractivity contribution in [3.8, 4) is 0 Å². The average molecular weight is 112 g/mol. The Balaban J connectivity index is 2.83. The topological polar surface area (TPSA) is 70.9 Å². The van der Waals surface area contributed by atoms with Crippen LogP contribution in [0.5, 0.6) is 0 Å². The summed E-state index contributed by atoms with van der Waals surface area (Å²) in [5, 5.41) is 8.13. The standard InChI is InChI=1S/C3H4N4O/c8-7-3-5-1-4-2-6-3/h1-2,8H,(H,4,5,6,7). The van der Waals surface area contributed by atoms with Crippen LogP contribution in [0.2, 0.25) is 0 Å². The van der Waals surface area contributed by atoms with Gasteiger partial charge in [0.15, 0.2) is 0 Å². The Morgan fingerprint density at radius 3 is 2.38 bits per heavy atom. The Morgan fingerprint density at radius 1 is 1.38 bits per heavy atom. The molecular weight excluding hydrogens is 108 g/mol. The number of anilines is 1. The first kappa shape index (κ1) is 4.92. The SMILES string of the molecule is ONc1ncncn1. The van der Waals surface area contributed by atoms with Crippen LogP contribution in [-0.4, -0.2) is 20.2 Å². The third kappa shape index (κ3) is 0.881. The second kappa shape index (κ2) is 2.17. The highest BCUT2D eigenvalue weighted by Crippen LogP contribution is 1.85. The van der Waals surface area contributed by atoms with E-state index in [0.29, 0.717) is 0 Å². The van der Waals surface area contributed by atoms with E-state index in [1.54, 1.807) is 5.48 Å². The van der Waals surface area contributed by atoms with Gasteiger partial charge in [-0.05, 0) is 0 Å². The van der Waals surface area contributed by atoms with Crippen molar-refractivity contribution in [3.05, 3.63) is 12.7 Å². The van der Waals surface area contributed by atoms with Gasteiger partial charge in [0.1, 0.15) is 12.7 Å². The van der Waals surface area contributed by atoms with E-state index in [-0.39, 0.29) is 5.95 Å². The molecule has 0 unspecified atom stereocenters. The largest absolute Gasteiger partial charge is 0.288 e. The maximum Gasteiger partial charge on any atom is 0.249 e. The van der Waals surface area contributed by atoms with E-state index in [9.17, 15) is 0 Å². The van der Waals surface area contributed by atoms with Crippen molar-refractivity contribution in [2.75, 3.05) is 5.48 Å². The van der Waals surface area contributed by atoms with Crippen LogP contribution in [0.25, 0.3) is 0 Å². The van der Waals surface area contributed by atoms with Crippen molar-refractivity contribution in [3.63, 3.8) is 0 Å². The van der Waals surface area contributed by atoms with Crippen molar-refractivity contribution >= 4 is 5.95 Å². The first-order valence-corrected chi connectivity index (χ1v) is 1.95. The molecule has 0 fully saturated rings. The molecular formula is C3H4N4O. The normalized spacial score (nSPS) is 8.62. The molecule has 0 aliphatic rings. The van der Waals surface area contributed by atoms with E-state index in [1.807, 2.05) is 0 Å². The van der Waals surface area contributed by atoms with Crippen LogP contribution >= 0.6 is 0 Å². The third-order valence-electron chi connectivity index (χ3n) is 0.593. The minimum Gasteiger partial charge on any atom is -0.288 e. The quantitative estimate of drug-likeness (QED) is 0.487. The number of hydrogen-bond acceptors (Lipinski definition) is 5. The molecule has 42 valence electrons. The first-order valence-electron chi connectivity index (χ1n) is 1.95. The molecule has 0 aliphatic heterocycles. The van der Waals surface area contributed by atoms with Gasteiger partial charge in [0.25, 0.3) is 0 Å². The molecule has 1 heterocycles. The maximum atomic E-state index is 8.13. The Hall–Kier alpha value is -1.23. The molecule has 2 N–H and O–H groups in total. The molecule has 0 aromatic carbocycles. The van der Waals surface area contributed by atoms with Crippen LogP contribution in [0, 0.1) is 0 Å². The highest BCUT2D eigenvalue weighted by molar-refractivity contribution is 5.14. The van der Waals surface area contributed by atoms with Gasteiger partial charge in [-0.15, -0.1) is 0 Å². The second-order valence-corrected chi connectivity index (χ2v) is 1.07. The van der Waals surface area contributed by atoms with E-state index >= 15 is 0 Å². The fourth-order valence-electron chi connectivity index (χ4n) is 0.297. The number of nitrogens with zero attached hydrogens (tertiary/aromatic N) is 3. The lowest BCUT2D eigenvalue weighted by atomic mass is 11.0. The van der Waals surface area contributed by atoms with E-state index in [1.165, 1.54) is 12.7 Å². The molecule has 8 heavy (non-hydrogen) atoms. The lowest BCUT2D eigenvalue weighted by Gasteiger charge is -1.89. The minimum atomic E-state index is 0.153. The van der Waals surface area contributed by atoms with E-state index < -0.39 is 0 Å². The van der Waals surface area contributed by atoms with Gasteiger partial charge in [-0.1, -0.05) is 0 Å². The maximum absolute atomic E-state index is 8.13. The lowest BCUT2D eigenvalue weighted by Crippen LogP contribution is -1.95. The zero-order valence-electron chi connectivity index (χ0n) is 3.94. The van der Waals surface area contributed by atoms with Gasteiger partial charge in [0.05, 0.1) is 0 Å². The second-order valence-electron chi connectivity index (χ2n) is 1.07. The van der Waals surface area contributed by atoms with E-state index in [2.05, 4.69) is 15.0 Å². The zero-order valence-corrected chi connectivity index (χ0v) is 3.94. The molecule has 5 nitrogen and oxygen atoms in total. The summed E-state index contributed by atoms with van der Waals surface area (Å²) in [6, 6.07) is 0. The molecule has 1 aromatic heterocycles. The highest BCUT2D eigenvalue weighted by atomic mass is 16.5. The van der Waals surface area contributed by atoms with Crippen LogP contribution in [0.1, 0.15) is 0 Å². The van der Waals surface area contributed by atoms with Crippen molar-refractivity contribution in [1.29, 1.82) is 0 Å². The van der Waals surface area contributed by atoms with Crippen molar-refractivity contribution in [2.24, 2.45) is 0 Å². The zero-order chi connectivity index (χ0) is 5.82. The van der Waals surface area contributed by atoms with Gasteiger partial charge < -0.3 is 0 Å². The van der Waals surface area contributed by atoms with Gasteiger partial charge in [-0.25, -0.2) is 10.5 Å². The molecule has 0 spiro atoms. The summed E-state index contributed by atoms with van der Waals surface area (Å²) >= 11 is 0. The molecule has 5 heteroatoms. The Kier molecular flexibility index (Phi) is 1.34. The Labute approximate surface area is 45.4 Å². The van der Waals surface area contributed by atoms with Gasteiger partial charge in [-0.2, -0.15) is 9.97 Å². The monoisotopic (exact) mass is 112 g/mol. The molecule has 0 bridgehead atoms. The summed E-state index contributed by atoms with van der Waals surface area (Å²) in [6.07, 6.45) is 2.57. The molecule has 1 rings (SSSR count). The summed E-state index contributed by atoms with van der Waals surface area (Å²) in [6.45, 7) is 0. The molecule has 0 atom stereocenters. The van der Waals surface area contributed by atoms with Crippen LogP contribution < -0.4 is 5.48 Å². The fourth-order valence-corrected chi connectivity index (χ4v) is 0.297. The highest BCUT2D eigenvalue weighted by Gasteiger charge is 1.83. The van der Waals surface area contributed by atoms with E-state index in [0.717, 1.165) is 0 Å². The summed E-state index contributed by atoms with van der Waals surface area (Å²) in [5.41, 5.74) is 1.76. The van der Waals surface area contributed by atoms with Crippen molar-refractivity contribution in [1.82, 2.24) is 15.0 Å². The minimum absolute atomic E-state index is 0.153. The van der Waals surface area contributed by atoms with Crippen LogP contribution in [0.3, 0.4) is 0 Å². The predicted molar refractivity (Wildman–Crippen MR) is 25.2 cm³/mol. The predicted octanol–water partition coefficient (Wildman–Crippen LogP) is -0.327. The summed E-state index contributed by atoms with van der Waals surface area (Å²) in [5.74, 6) is 0.153. The first-order chi connectivity index (χ1) is 3.93. The lowest BCUT2D eigenvalue weighted by molar-refractivity contribution is 0.382. The summed E-state index contributed by atoms with van der Waals surface area (Å²) in [7, 11) is 0. The van der Waals surface area contributed by atoms with Crippen molar-refractivity contribution < 1.29 is 5.21 Å². The Bertz CT molecular complexity index is 153. The molecule has 0 amide bonds. The fraction of sp³-hybridized carbons (Fsp3) is 0. The number of hydrogen-bond donors (Lipinski definition) is 2. The van der Waals surface area contributed by atoms with E-state index in [4.69, 9.17) is 5.21 Å². The molecule has 0 radical (unpaired) electrons. The van der Waals surface area contributed by atoms with Crippen LogP contribution in [0.15, 0.2) is 12.7 Å². The number of nitrogens with one attached hydrogen (secondary N) is 1. The summed E-state index contributed by atoms with van der Waals surface area (Å²) in [4.78, 5) is 10.5. The van der Waals surface area contributed by atoms with Gasteiger partial charge >= 0.3 is 0 Å². The summed E-state index contributed by atoms with van der Waals surface area (Å²) < 4.78 is 0. The van der Waals surface area contributed by atoms with Gasteiger partial charge in [-0.3, -0.25) is 5.21 Å². The third-order valence-corrected chi connectivity index (χ3v) is 0.593. The molecule has 0 saturated carbocycles. The number of aromatic nitrogens is 3.